The Morgan fingerprint density at radius 1 is 1.11 bits per heavy atom. The van der Waals surface area contributed by atoms with Gasteiger partial charge in [-0.2, -0.15) is 5.10 Å². The molecule has 11 heteroatoms. The number of nitrogens with zero attached hydrogens (tertiary/aromatic N) is 3. The highest BCUT2D eigenvalue weighted by molar-refractivity contribution is 6.04. The van der Waals surface area contributed by atoms with Gasteiger partial charge in [0.15, 0.2) is 11.7 Å². The third-order valence-electron chi connectivity index (χ3n) is 6.16. The second-order valence-electron chi connectivity index (χ2n) is 8.25. The number of carboxylic acids is 1. The van der Waals surface area contributed by atoms with Crippen LogP contribution in [0.1, 0.15) is 34.0 Å². The number of hydrogen-bond donors (Lipinski definition) is 3. The molecule has 0 spiro atoms. The average Bonchev–Trinajstić information content (AvgIpc) is 3.51. The minimum absolute atomic E-state index is 0.0278. The summed E-state index contributed by atoms with van der Waals surface area (Å²) in [6.45, 7) is 0.0761. The molecule has 1 saturated heterocycles. The highest BCUT2D eigenvalue weighted by atomic mass is 16.5. The third-order valence-corrected chi connectivity index (χ3v) is 6.16. The summed E-state index contributed by atoms with van der Waals surface area (Å²) in [5, 5.41) is 16.6. The van der Waals surface area contributed by atoms with E-state index in [4.69, 9.17) is 4.74 Å². The van der Waals surface area contributed by atoms with Crippen LogP contribution in [0.2, 0.25) is 0 Å². The average molecular weight is 475 g/mol. The summed E-state index contributed by atoms with van der Waals surface area (Å²) in [5.74, 6) is -2.89. The van der Waals surface area contributed by atoms with Gasteiger partial charge in [-0.05, 0) is 22.3 Å². The van der Waals surface area contributed by atoms with Crippen molar-refractivity contribution in [2.24, 2.45) is 7.05 Å². The minimum Gasteiger partial charge on any atom is -0.480 e. The molecule has 3 N–H and O–H groups in total. The summed E-state index contributed by atoms with van der Waals surface area (Å²) in [7, 11) is 1.46. The van der Waals surface area contributed by atoms with Gasteiger partial charge >= 0.3 is 12.1 Å². The molecule has 1 unspecified atom stereocenters. The number of ether oxygens (including phenoxy) is 1. The van der Waals surface area contributed by atoms with Crippen LogP contribution in [0.15, 0.2) is 54.7 Å². The maximum atomic E-state index is 13.0. The van der Waals surface area contributed by atoms with E-state index in [1.54, 1.807) is 0 Å². The van der Waals surface area contributed by atoms with Crippen LogP contribution in [0.3, 0.4) is 0 Å². The largest absolute Gasteiger partial charge is 0.480 e. The van der Waals surface area contributed by atoms with Crippen LogP contribution in [-0.2, 0) is 21.4 Å². The van der Waals surface area contributed by atoms with E-state index >= 15 is 0 Å². The number of amides is 3. The van der Waals surface area contributed by atoms with E-state index in [2.05, 4.69) is 15.8 Å². The van der Waals surface area contributed by atoms with Gasteiger partial charge in [-0.25, -0.2) is 14.6 Å². The van der Waals surface area contributed by atoms with Crippen molar-refractivity contribution in [3.63, 3.8) is 0 Å². The minimum atomic E-state index is -1.37. The fraction of sp³-hybridized carbons (Fsp3) is 0.208. The summed E-state index contributed by atoms with van der Waals surface area (Å²) in [4.78, 5) is 48.9. The lowest BCUT2D eigenvalue weighted by molar-refractivity contribution is -0.142. The first-order valence-corrected chi connectivity index (χ1v) is 10.8. The molecule has 3 amide bonds. The number of aromatic nitrogens is 2. The summed E-state index contributed by atoms with van der Waals surface area (Å²) < 4.78 is 6.70. The van der Waals surface area contributed by atoms with Crippen molar-refractivity contribution in [2.75, 3.05) is 11.9 Å². The number of aliphatic carboxylic acids is 1. The Morgan fingerprint density at radius 2 is 1.74 bits per heavy atom. The number of carbonyl (C=O) groups excluding carboxylic acids is 3. The summed E-state index contributed by atoms with van der Waals surface area (Å²) >= 11 is 0. The smallest absolute Gasteiger partial charge is 0.411 e. The number of nitrogens with one attached hydrogen (secondary N) is 2. The van der Waals surface area contributed by atoms with E-state index in [0.29, 0.717) is 0 Å². The Hall–Kier alpha value is -4.67. The van der Waals surface area contributed by atoms with Crippen molar-refractivity contribution < 1.29 is 29.0 Å². The molecule has 35 heavy (non-hydrogen) atoms. The van der Waals surface area contributed by atoms with Gasteiger partial charge in [0.05, 0.1) is 18.3 Å². The first-order chi connectivity index (χ1) is 16.8. The van der Waals surface area contributed by atoms with Crippen LogP contribution in [0.25, 0.3) is 11.1 Å². The van der Waals surface area contributed by atoms with E-state index < -0.39 is 29.9 Å². The van der Waals surface area contributed by atoms with Gasteiger partial charge in [-0.15, -0.1) is 0 Å². The van der Waals surface area contributed by atoms with Crippen LogP contribution in [0.4, 0.5) is 10.5 Å². The van der Waals surface area contributed by atoms with Crippen LogP contribution in [0, 0.1) is 0 Å². The highest BCUT2D eigenvalue weighted by Gasteiger charge is 2.41. The van der Waals surface area contributed by atoms with Crippen LogP contribution in [-0.4, -0.2) is 56.4 Å². The first-order valence-electron chi connectivity index (χ1n) is 10.8. The van der Waals surface area contributed by atoms with E-state index in [9.17, 15) is 24.3 Å². The van der Waals surface area contributed by atoms with Crippen molar-refractivity contribution in [2.45, 2.75) is 18.4 Å². The van der Waals surface area contributed by atoms with Gasteiger partial charge in [0.1, 0.15) is 6.61 Å². The Morgan fingerprint density at radius 3 is 2.37 bits per heavy atom. The zero-order valence-electron chi connectivity index (χ0n) is 18.6. The number of rotatable bonds is 5. The second kappa shape index (κ2) is 8.60. The Kier molecular flexibility index (Phi) is 5.44. The molecule has 1 fully saturated rings. The molecule has 2 aromatic carbocycles. The molecular weight excluding hydrogens is 454 g/mol. The SMILES string of the molecule is Cn1ncc(NC(=O)OCC2c3ccccc3-c3ccccc32)c1C(=O)N1NC(=O)CC1C(=O)O. The Bertz CT molecular complexity index is 1320. The molecule has 2 aliphatic rings. The summed E-state index contributed by atoms with van der Waals surface area (Å²) in [5.41, 5.74) is 6.47. The molecule has 1 aliphatic carbocycles. The molecule has 11 nitrogen and oxygen atoms in total. The first kappa shape index (κ1) is 22.1. The number of carboxylic acid groups (broad SMARTS) is 1. The van der Waals surface area contributed by atoms with Gasteiger partial charge in [-0.1, -0.05) is 48.5 Å². The standard InChI is InChI=1S/C24H21N5O6/c1-28-21(22(31)29-19(23(32)33)10-20(30)27-29)18(11-25-28)26-24(34)35-12-17-15-8-4-2-6-13(15)14-7-3-5-9-16(14)17/h2-9,11,17,19H,10,12H2,1H3,(H,26,34)(H,27,30)(H,32,33). The van der Waals surface area contributed by atoms with Crippen molar-refractivity contribution >= 4 is 29.6 Å². The molecule has 0 saturated carbocycles. The molecule has 1 atom stereocenters. The van der Waals surface area contributed by atoms with Gasteiger partial charge in [0, 0.05) is 13.0 Å². The number of carbonyl (C=O) groups is 4. The maximum absolute atomic E-state index is 13.0. The van der Waals surface area contributed by atoms with Gasteiger partial charge in [0.25, 0.3) is 5.91 Å². The zero-order valence-corrected chi connectivity index (χ0v) is 18.6. The van der Waals surface area contributed by atoms with Crippen molar-refractivity contribution in [3.05, 3.63) is 71.5 Å². The number of hydrazine groups is 1. The normalized spacial score (nSPS) is 16.4. The van der Waals surface area contributed by atoms with Crippen molar-refractivity contribution in [1.29, 1.82) is 0 Å². The predicted octanol–water partition coefficient (Wildman–Crippen LogP) is 2.11. The number of benzene rings is 2. The second-order valence-corrected chi connectivity index (χ2v) is 8.25. The van der Waals surface area contributed by atoms with Crippen LogP contribution < -0.4 is 10.7 Å². The van der Waals surface area contributed by atoms with E-state index in [1.807, 2.05) is 48.5 Å². The molecule has 1 aliphatic heterocycles. The quantitative estimate of drug-likeness (QED) is 0.513. The zero-order chi connectivity index (χ0) is 24.7. The molecule has 1 aromatic heterocycles. The van der Waals surface area contributed by atoms with Gasteiger partial charge in [-0.3, -0.25) is 25.0 Å². The Labute approximate surface area is 199 Å². The number of anilines is 1. The van der Waals surface area contributed by atoms with E-state index in [1.165, 1.54) is 17.9 Å². The molecule has 2 heterocycles. The maximum Gasteiger partial charge on any atom is 0.411 e. The highest BCUT2D eigenvalue weighted by Crippen LogP contribution is 2.44. The fourth-order valence-corrected chi connectivity index (χ4v) is 4.56. The van der Waals surface area contributed by atoms with Gasteiger partial charge in [0.2, 0.25) is 5.91 Å². The number of fused-ring (bicyclic) bond motifs is 3. The molecule has 3 aromatic rings. The molecule has 178 valence electrons. The van der Waals surface area contributed by atoms with E-state index in [0.717, 1.165) is 27.3 Å². The van der Waals surface area contributed by atoms with E-state index in [-0.39, 0.29) is 30.3 Å². The summed E-state index contributed by atoms with van der Waals surface area (Å²) in [6, 6.07) is 14.5. The van der Waals surface area contributed by atoms with Crippen LogP contribution in [0.5, 0.6) is 0 Å². The predicted molar refractivity (Wildman–Crippen MR) is 122 cm³/mol. The monoisotopic (exact) mass is 475 g/mol. The summed E-state index contributed by atoms with van der Waals surface area (Å²) in [6.07, 6.45) is 0.0882. The van der Waals surface area contributed by atoms with Gasteiger partial charge < -0.3 is 9.84 Å². The lowest BCUT2D eigenvalue weighted by atomic mass is 9.98. The van der Waals surface area contributed by atoms with Crippen molar-refractivity contribution in [1.82, 2.24) is 20.2 Å². The Balaban J connectivity index is 1.31. The number of hydrogen-bond acceptors (Lipinski definition) is 6. The third kappa shape index (κ3) is 3.86. The van der Waals surface area contributed by atoms with Crippen molar-refractivity contribution in [3.8, 4) is 11.1 Å². The fourth-order valence-electron chi connectivity index (χ4n) is 4.56. The lowest BCUT2D eigenvalue weighted by Gasteiger charge is -2.21. The lowest BCUT2D eigenvalue weighted by Crippen LogP contribution is -2.47. The molecule has 0 bridgehead atoms. The molecule has 0 radical (unpaired) electrons. The molecular formula is C24H21N5O6. The molecule has 5 rings (SSSR count). The number of aryl methyl sites for hydroxylation is 1. The topological polar surface area (TPSA) is 143 Å². The van der Waals surface area contributed by atoms with Crippen LogP contribution >= 0.6 is 0 Å².